The second-order valence-corrected chi connectivity index (χ2v) is 7.65. The molecule has 2 unspecified atom stereocenters. The van der Waals surface area contributed by atoms with Crippen LogP contribution in [0.5, 0.6) is 0 Å². The predicted molar refractivity (Wildman–Crippen MR) is 91.9 cm³/mol. The minimum atomic E-state index is -4.41. The van der Waals surface area contributed by atoms with Crippen molar-refractivity contribution >= 4 is 5.91 Å². The van der Waals surface area contributed by atoms with Crippen molar-refractivity contribution in [2.24, 2.45) is 5.92 Å². The zero-order valence-electron chi connectivity index (χ0n) is 15.2. The number of hydrogen-bond acceptors (Lipinski definition) is 4. The molecule has 3 heterocycles. The van der Waals surface area contributed by atoms with Gasteiger partial charge in [0.25, 0.3) is 0 Å². The number of carbonyl (C=O) groups is 1. The number of carbonyl (C=O) groups excluding carboxylic acids is 1. The molecule has 2 atom stereocenters. The highest BCUT2D eigenvalue weighted by atomic mass is 19.4. The van der Waals surface area contributed by atoms with Gasteiger partial charge in [-0.25, -0.2) is 0 Å². The molecule has 1 amide bonds. The zero-order chi connectivity index (χ0) is 19.0. The summed E-state index contributed by atoms with van der Waals surface area (Å²) < 4.78 is 44.2. The largest absolute Gasteiger partial charge is 0.417 e. The smallest absolute Gasteiger partial charge is 0.379 e. The third-order valence-electron chi connectivity index (χ3n) is 5.99. The average molecular weight is 383 g/mol. The molecule has 3 aliphatic rings. The lowest BCUT2D eigenvalue weighted by atomic mass is 10.00. The third kappa shape index (κ3) is 3.96. The number of fused-ring (bicyclic) bond motifs is 1. The highest BCUT2D eigenvalue weighted by Gasteiger charge is 2.37. The second kappa shape index (κ2) is 7.39. The Morgan fingerprint density at radius 3 is 2.70 bits per heavy atom. The van der Waals surface area contributed by atoms with Crippen molar-refractivity contribution in [1.82, 2.24) is 14.8 Å². The molecule has 27 heavy (non-hydrogen) atoms. The number of amides is 1. The van der Waals surface area contributed by atoms with Gasteiger partial charge in [0.05, 0.1) is 18.8 Å². The summed E-state index contributed by atoms with van der Waals surface area (Å²) in [5.41, 5.74) is 0.445. The maximum absolute atomic E-state index is 13.0. The predicted octanol–water partition coefficient (Wildman–Crippen LogP) is 2.49. The van der Waals surface area contributed by atoms with E-state index in [1.807, 2.05) is 0 Å². The fourth-order valence-corrected chi connectivity index (χ4v) is 4.48. The summed E-state index contributed by atoms with van der Waals surface area (Å²) in [6.45, 7) is 4.06. The minimum absolute atomic E-state index is 0.0295. The molecule has 0 bridgehead atoms. The molecule has 0 spiro atoms. The number of morpholine rings is 1. The molecule has 1 aromatic heterocycles. The number of rotatable bonds is 2. The molecule has 1 aromatic rings. The molecular formula is C19H24F3N3O2. The monoisotopic (exact) mass is 383 g/mol. The van der Waals surface area contributed by atoms with Crippen LogP contribution >= 0.6 is 0 Å². The molecule has 1 saturated carbocycles. The average Bonchev–Trinajstić information content (AvgIpc) is 3.17. The van der Waals surface area contributed by atoms with Crippen molar-refractivity contribution in [1.29, 1.82) is 0 Å². The van der Waals surface area contributed by atoms with Gasteiger partial charge in [-0.3, -0.25) is 14.7 Å². The molecule has 5 nitrogen and oxygen atoms in total. The molecule has 2 fully saturated rings. The first-order chi connectivity index (χ1) is 12.9. The lowest BCUT2D eigenvalue weighted by molar-refractivity contribution is -0.137. The van der Waals surface area contributed by atoms with Gasteiger partial charge in [0.15, 0.2) is 0 Å². The highest BCUT2D eigenvalue weighted by molar-refractivity contribution is 5.79. The van der Waals surface area contributed by atoms with Gasteiger partial charge in [0.2, 0.25) is 5.91 Å². The maximum atomic E-state index is 13.0. The van der Waals surface area contributed by atoms with Gasteiger partial charge in [-0.1, -0.05) is 0 Å². The summed E-state index contributed by atoms with van der Waals surface area (Å²) in [5, 5.41) is 0. The second-order valence-electron chi connectivity index (χ2n) is 7.65. The quantitative estimate of drug-likeness (QED) is 0.787. The first-order valence-corrected chi connectivity index (χ1v) is 9.57. The van der Waals surface area contributed by atoms with E-state index in [2.05, 4.69) is 9.88 Å². The molecule has 1 aliphatic carbocycles. The third-order valence-corrected chi connectivity index (χ3v) is 5.99. The molecule has 0 aromatic carbocycles. The van der Waals surface area contributed by atoms with Gasteiger partial charge in [-0.05, 0) is 30.9 Å². The molecule has 0 N–H and O–H groups in total. The highest BCUT2D eigenvalue weighted by Crippen LogP contribution is 2.34. The Kier molecular flexibility index (Phi) is 5.11. The van der Waals surface area contributed by atoms with Crippen LogP contribution in [0, 0.1) is 5.92 Å². The van der Waals surface area contributed by atoms with Crippen molar-refractivity contribution in [2.45, 2.75) is 44.4 Å². The standard InChI is InChI=1S/C19H24F3N3O2/c20-19(21,22)15-9-14-12-25(4-3-17(14)23-11-15)18(26)13-1-2-16(10-13)24-5-7-27-8-6-24/h9,11,13,16H,1-8,10,12H2. The summed E-state index contributed by atoms with van der Waals surface area (Å²) >= 11 is 0. The molecule has 0 radical (unpaired) electrons. The van der Waals surface area contributed by atoms with E-state index in [-0.39, 0.29) is 18.4 Å². The van der Waals surface area contributed by atoms with Gasteiger partial charge in [-0.15, -0.1) is 0 Å². The number of alkyl halides is 3. The fraction of sp³-hybridized carbons (Fsp3) is 0.684. The van der Waals surface area contributed by atoms with Crippen molar-refractivity contribution in [2.75, 3.05) is 32.8 Å². The van der Waals surface area contributed by atoms with Crippen LogP contribution in [0.1, 0.15) is 36.1 Å². The van der Waals surface area contributed by atoms with Crippen LogP contribution in [0.25, 0.3) is 0 Å². The van der Waals surface area contributed by atoms with E-state index in [0.717, 1.165) is 57.8 Å². The molecule has 148 valence electrons. The van der Waals surface area contributed by atoms with E-state index in [1.165, 1.54) is 0 Å². The van der Waals surface area contributed by atoms with Gasteiger partial charge in [-0.2, -0.15) is 13.2 Å². The Balaban J connectivity index is 1.40. The number of pyridine rings is 1. The van der Waals surface area contributed by atoms with Crippen LogP contribution in [-0.4, -0.2) is 59.6 Å². The topological polar surface area (TPSA) is 45.7 Å². The van der Waals surface area contributed by atoms with Gasteiger partial charge >= 0.3 is 6.18 Å². The number of halogens is 3. The van der Waals surface area contributed by atoms with E-state index < -0.39 is 11.7 Å². The molecule has 1 saturated heterocycles. The molecule has 8 heteroatoms. The number of ether oxygens (including phenoxy) is 1. The zero-order valence-corrected chi connectivity index (χ0v) is 15.2. The first-order valence-electron chi connectivity index (χ1n) is 9.57. The van der Waals surface area contributed by atoms with Crippen LogP contribution in [0.2, 0.25) is 0 Å². The lowest BCUT2D eigenvalue weighted by Gasteiger charge is -2.33. The summed E-state index contributed by atoms with van der Waals surface area (Å²) in [7, 11) is 0. The first kappa shape index (κ1) is 18.7. The summed E-state index contributed by atoms with van der Waals surface area (Å²) in [6.07, 6.45) is -0.321. The van der Waals surface area contributed by atoms with E-state index in [1.54, 1.807) is 4.90 Å². The lowest BCUT2D eigenvalue weighted by Crippen LogP contribution is -2.43. The van der Waals surface area contributed by atoms with E-state index in [0.29, 0.717) is 30.3 Å². The fourth-order valence-electron chi connectivity index (χ4n) is 4.48. The molecular weight excluding hydrogens is 359 g/mol. The van der Waals surface area contributed by atoms with Gasteiger partial charge < -0.3 is 9.64 Å². The Hall–Kier alpha value is -1.67. The van der Waals surface area contributed by atoms with Crippen molar-refractivity contribution < 1.29 is 22.7 Å². The van der Waals surface area contributed by atoms with Crippen LogP contribution in [0.3, 0.4) is 0 Å². The molecule has 2 aliphatic heterocycles. The summed E-state index contributed by atoms with van der Waals surface area (Å²) in [6, 6.07) is 1.56. The molecule has 4 rings (SSSR count). The van der Waals surface area contributed by atoms with Gasteiger partial charge in [0, 0.05) is 56.5 Å². The number of aromatic nitrogens is 1. The number of nitrogens with zero attached hydrogens (tertiary/aromatic N) is 3. The van der Waals surface area contributed by atoms with Crippen LogP contribution in [0.4, 0.5) is 13.2 Å². The van der Waals surface area contributed by atoms with Gasteiger partial charge in [0.1, 0.15) is 0 Å². The Labute approximate surface area is 156 Å². The summed E-state index contributed by atoms with van der Waals surface area (Å²) in [5.74, 6) is 0.0481. The normalized spacial score (nSPS) is 26.9. The van der Waals surface area contributed by atoms with E-state index in [4.69, 9.17) is 4.74 Å². The van der Waals surface area contributed by atoms with E-state index in [9.17, 15) is 18.0 Å². The van der Waals surface area contributed by atoms with E-state index >= 15 is 0 Å². The van der Waals surface area contributed by atoms with Crippen molar-refractivity contribution in [3.63, 3.8) is 0 Å². The SMILES string of the molecule is O=C(C1CCC(N2CCOCC2)C1)N1CCc2ncc(C(F)(F)F)cc2C1. The Morgan fingerprint density at radius 1 is 1.19 bits per heavy atom. The van der Waals surface area contributed by atoms with Crippen molar-refractivity contribution in [3.8, 4) is 0 Å². The van der Waals surface area contributed by atoms with Crippen LogP contribution in [0.15, 0.2) is 12.3 Å². The minimum Gasteiger partial charge on any atom is -0.379 e. The Bertz CT molecular complexity index is 704. The number of hydrogen-bond donors (Lipinski definition) is 0. The Morgan fingerprint density at radius 2 is 1.96 bits per heavy atom. The van der Waals surface area contributed by atoms with Crippen molar-refractivity contribution in [3.05, 3.63) is 29.1 Å². The van der Waals surface area contributed by atoms with Crippen LogP contribution < -0.4 is 0 Å². The summed E-state index contributed by atoms with van der Waals surface area (Å²) in [4.78, 5) is 21.1. The maximum Gasteiger partial charge on any atom is 0.417 e. The van der Waals surface area contributed by atoms with Crippen LogP contribution in [-0.2, 0) is 28.7 Å².